The van der Waals surface area contributed by atoms with Crippen molar-refractivity contribution in [3.63, 3.8) is 0 Å². The smallest absolute Gasteiger partial charge is 0.270 e. The zero-order chi connectivity index (χ0) is 19.4. The van der Waals surface area contributed by atoms with Gasteiger partial charge < -0.3 is 14.6 Å². The minimum absolute atomic E-state index is 0.00493. The van der Waals surface area contributed by atoms with Crippen molar-refractivity contribution < 1.29 is 14.5 Å². The molecule has 1 aliphatic heterocycles. The van der Waals surface area contributed by atoms with Gasteiger partial charge in [-0.2, -0.15) is 0 Å². The molecule has 0 aliphatic carbocycles. The molecule has 3 rings (SSSR count). The maximum Gasteiger partial charge on any atom is 0.270 e. The van der Waals surface area contributed by atoms with Gasteiger partial charge in [0.05, 0.1) is 34.8 Å². The lowest BCUT2D eigenvalue weighted by molar-refractivity contribution is -0.384. The van der Waals surface area contributed by atoms with Crippen LogP contribution in [0, 0.1) is 10.1 Å². The van der Waals surface area contributed by atoms with E-state index in [4.69, 9.17) is 16.3 Å². The third kappa shape index (κ3) is 4.47. The molecule has 0 radical (unpaired) electrons. The number of rotatable bonds is 6. The first-order chi connectivity index (χ1) is 13.0. The second-order valence-corrected chi connectivity index (χ2v) is 6.75. The van der Waals surface area contributed by atoms with Gasteiger partial charge in [-0.1, -0.05) is 11.6 Å². The summed E-state index contributed by atoms with van der Waals surface area (Å²) in [5.41, 5.74) is 1.16. The normalized spacial score (nSPS) is 16.1. The molecule has 0 bridgehead atoms. The topological polar surface area (TPSA) is 89.6 Å². The Kier molecular flexibility index (Phi) is 6.10. The van der Waals surface area contributed by atoms with Gasteiger partial charge in [-0.05, 0) is 18.2 Å². The second kappa shape index (κ2) is 8.51. The van der Waals surface area contributed by atoms with E-state index in [1.54, 1.807) is 0 Å². The number of hydrogen-bond donors (Lipinski definition) is 1. The number of carbonyl (C=O) groups is 1. The Balaban J connectivity index is 1.74. The predicted octanol–water partition coefficient (Wildman–Crippen LogP) is 2.39. The van der Waals surface area contributed by atoms with Gasteiger partial charge in [0.2, 0.25) is 0 Å². The van der Waals surface area contributed by atoms with Crippen LogP contribution in [0.1, 0.15) is 22.1 Å². The van der Waals surface area contributed by atoms with Gasteiger partial charge in [0.25, 0.3) is 11.6 Å². The number of ether oxygens (including phenoxy) is 1. The number of carbonyl (C=O) groups excluding carboxylic acids is 1. The Hall–Kier alpha value is -2.42. The average Bonchev–Trinajstić information content (AvgIpc) is 3.08. The molecule has 1 amide bonds. The summed E-state index contributed by atoms with van der Waals surface area (Å²) in [6.07, 6.45) is 1.97. The van der Waals surface area contributed by atoms with E-state index in [2.05, 4.69) is 10.2 Å². The minimum atomic E-state index is -0.544. The van der Waals surface area contributed by atoms with E-state index in [0.29, 0.717) is 19.8 Å². The molecule has 1 aromatic carbocycles. The molecule has 2 heterocycles. The van der Waals surface area contributed by atoms with Crippen molar-refractivity contribution in [2.24, 2.45) is 7.05 Å². The Morgan fingerprint density at radius 3 is 2.70 bits per heavy atom. The van der Waals surface area contributed by atoms with Crippen LogP contribution in [0.2, 0.25) is 5.02 Å². The number of nitrogens with zero attached hydrogens (tertiary/aromatic N) is 3. The summed E-state index contributed by atoms with van der Waals surface area (Å²) in [6, 6.07) is 7.84. The van der Waals surface area contributed by atoms with Gasteiger partial charge in [-0.15, -0.1) is 0 Å². The number of nitrogens with one attached hydrogen (secondary N) is 1. The molecule has 1 fully saturated rings. The van der Waals surface area contributed by atoms with E-state index < -0.39 is 4.92 Å². The van der Waals surface area contributed by atoms with Gasteiger partial charge in [0.1, 0.15) is 0 Å². The third-order valence-electron chi connectivity index (χ3n) is 4.68. The lowest BCUT2D eigenvalue weighted by Crippen LogP contribution is -2.44. The van der Waals surface area contributed by atoms with Crippen LogP contribution in [0.4, 0.5) is 5.69 Å². The van der Waals surface area contributed by atoms with Crippen molar-refractivity contribution in [2.45, 2.75) is 6.04 Å². The summed E-state index contributed by atoms with van der Waals surface area (Å²) >= 11 is 6.06. The number of aryl methyl sites for hydroxylation is 1. The summed E-state index contributed by atoms with van der Waals surface area (Å²) in [5, 5.41) is 13.8. The maximum atomic E-state index is 12.6. The number of nitro benzene ring substituents is 1. The molecule has 1 aliphatic rings. The lowest BCUT2D eigenvalue weighted by atomic mass is 10.1. The van der Waals surface area contributed by atoms with Crippen molar-refractivity contribution in [2.75, 3.05) is 32.8 Å². The quantitative estimate of drug-likeness (QED) is 0.602. The van der Waals surface area contributed by atoms with Crippen LogP contribution in [-0.2, 0) is 11.8 Å². The van der Waals surface area contributed by atoms with Crippen molar-refractivity contribution in [1.82, 2.24) is 14.8 Å². The van der Waals surface area contributed by atoms with E-state index in [1.165, 1.54) is 18.2 Å². The van der Waals surface area contributed by atoms with Crippen molar-refractivity contribution in [3.05, 3.63) is 62.9 Å². The fourth-order valence-electron chi connectivity index (χ4n) is 3.22. The monoisotopic (exact) mass is 392 g/mol. The van der Waals surface area contributed by atoms with Crippen LogP contribution >= 0.6 is 11.6 Å². The fourth-order valence-corrected chi connectivity index (χ4v) is 3.48. The highest BCUT2D eigenvalue weighted by molar-refractivity contribution is 6.34. The molecule has 144 valence electrons. The van der Waals surface area contributed by atoms with E-state index in [1.807, 2.05) is 29.9 Å². The second-order valence-electron chi connectivity index (χ2n) is 6.34. The first kappa shape index (κ1) is 19.3. The van der Waals surface area contributed by atoms with Crippen molar-refractivity contribution in [3.8, 4) is 0 Å². The highest BCUT2D eigenvalue weighted by atomic mass is 35.5. The summed E-state index contributed by atoms with van der Waals surface area (Å²) in [7, 11) is 1.97. The van der Waals surface area contributed by atoms with Crippen LogP contribution in [0.3, 0.4) is 0 Å². The summed E-state index contributed by atoms with van der Waals surface area (Å²) < 4.78 is 7.46. The van der Waals surface area contributed by atoms with Crippen LogP contribution < -0.4 is 5.32 Å². The molecule has 1 aromatic heterocycles. The summed E-state index contributed by atoms with van der Waals surface area (Å²) in [6.45, 7) is 3.27. The number of nitro groups is 1. The Morgan fingerprint density at radius 2 is 2.11 bits per heavy atom. The van der Waals surface area contributed by atoms with Gasteiger partial charge in [0.15, 0.2) is 0 Å². The number of non-ortho nitro benzene ring substituents is 1. The zero-order valence-corrected chi connectivity index (χ0v) is 15.7. The number of halogens is 1. The maximum absolute atomic E-state index is 12.6. The molecular weight excluding hydrogens is 372 g/mol. The molecule has 0 spiro atoms. The molecule has 2 aromatic rings. The molecule has 0 saturated carbocycles. The molecular formula is C18H21ClN4O4. The van der Waals surface area contributed by atoms with Crippen LogP contribution in [0.25, 0.3) is 0 Å². The Bertz CT molecular complexity index is 833. The third-order valence-corrected chi connectivity index (χ3v) is 4.99. The van der Waals surface area contributed by atoms with Crippen LogP contribution in [0.15, 0.2) is 36.5 Å². The number of morpholine rings is 1. The fraction of sp³-hybridized carbons (Fsp3) is 0.389. The van der Waals surface area contributed by atoms with E-state index in [0.717, 1.165) is 18.8 Å². The number of aromatic nitrogens is 1. The van der Waals surface area contributed by atoms with Crippen molar-refractivity contribution >= 4 is 23.2 Å². The first-order valence-corrected chi connectivity index (χ1v) is 9.00. The van der Waals surface area contributed by atoms with Gasteiger partial charge in [-0.3, -0.25) is 19.8 Å². The van der Waals surface area contributed by atoms with Crippen molar-refractivity contribution in [1.29, 1.82) is 0 Å². The molecule has 1 atom stereocenters. The Morgan fingerprint density at radius 1 is 1.37 bits per heavy atom. The highest BCUT2D eigenvalue weighted by Crippen LogP contribution is 2.24. The highest BCUT2D eigenvalue weighted by Gasteiger charge is 2.25. The molecule has 1 N–H and O–H groups in total. The summed E-state index contributed by atoms with van der Waals surface area (Å²) in [4.78, 5) is 25.1. The first-order valence-electron chi connectivity index (χ1n) is 8.62. The molecule has 1 saturated heterocycles. The molecule has 1 unspecified atom stereocenters. The lowest BCUT2D eigenvalue weighted by Gasteiger charge is -2.35. The predicted molar refractivity (Wildman–Crippen MR) is 101 cm³/mol. The SMILES string of the molecule is Cn1cccc1C(CNC(=O)c1ccc([N+](=O)[O-])cc1Cl)N1CCOCC1. The minimum Gasteiger partial charge on any atom is -0.379 e. The van der Waals surface area contributed by atoms with Crippen LogP contribution in [0.5, 0.6) is 0 Å². The summed E-state index contributed by atoms with van der Waals surface area (Å²) in [5.74, 6) is -0.359. The van der Waals surface area contributed by atoms with Gasteiger partial charge in [-0.25, -0.2) is 0 Å². The largest absolute Gasteiger partial charge is 0.379 e. The average molecular weight is 393 g/mol. The van der Waals surface area contributed by atoms with Gasteiger partial charge in [0, 0.05) is 50.7 Å². The van der Waals surface area contributed by atoms with E-state index in [-0.39, 0.29) is 28.2 Å². The van der Waals surface area contributed by atoms with E-state index >= 15 is 0 Å². The van der Waals surface area contributed by atoms with Gasteiger partial charge >= 0.3 is 0 Å². The standard InChI is InChI=1S/C18H21ClN4O4/c1-21-6-2-3-16(21)17(22-7-9-27-10-8-22)12-20-18(24)14-5-4-13(23(25)26)11-15(14)19/h2-6,11,17H,7-10,12H2,1H3,(H,20,24). The number of amides is 1. The van der Waals surface area contributed by atoms with E-state index in [9.17, 15) is 14.9 Å². The Labute approximate surface area is 161 Å². The number of benzene rings is 1. The molecule has 8 nitrogen and oxygen atoms in total. The zero-order valence-electron chi connectivity index (χ0n) is 14.9. The molecule has 9 heteroatoms. The number of hydrogen-bond acceptors (Lipinski definition) is 5. The molecule has 27 heavy (non-hydrogen) atoms. The van der Waals surface area contributed by atoms with Crippen LogP contribution in [-0.4, -0.2) is 53.1 Å².